The summed E-state index contributed by atoms with van der Waals surface area (Å²) >= 11 is 6.10. The van der Waals surface area contributed by atoms with Gasteiger partial charge in [0.2, 0.25) is 0 Å². The molecule has 0 radical (unpaired) electrons. The van der Waals surface area contributed by atoms with Gasteiger partial charge < -0.3 is 15.2 Å². The van der Waals surface area contributed by atoms with Gasteiger partial charge in [0.15, 0.2) is 0 Å². The van der Waals surface area contributed by atoms with E-state index in [0.717, 1.165) is 36.2 Å². The fourth-order valence-corrected chi connectivity index (χ4v) is 4.79. The number of ether oxygens (including phenoxy) is 1. The third-order valence-electron chi connectivity index (χ3n) is 6.38. The van der Waals surface area contributed by atoms with Crippen LogP contribution in [0.4, 0.5) is 0 Å². The standard InChI is InChI=1S/C28H36ClNO3/c1-3-5-6-7-11-18-30-25-20-28(32,22-14-16-23(29)17-15-22)19-24(21-12-9-8-10-13-21)26(25)27(31)33-4-2/h8-10,12-17,24,30,32H,3-7,11,18-20H2,1-2H3/t24-,28+/m1/s1. The molecule has 0 bridgehead atoms. The number of halogens is 1. The second-order valence-corrected chi connectivity index (χ2v) is 9.27. The molecule has 0 spiro atoms. The molecule has 0 unspecified atom stereocenters. The summed E-state index contributed by atoms with van der Waals surface area (Å²) in [4.78, 5) is 13.1. The second kappa shape index (κ2) is 12.2. The topological polar surface area (TPSA) is 58.6 Å². The molecule has 178 valence electrons. The minimum Gasteiger partial charge on any atom is -0.463 e. The molecule has 2 aromatic carbocycles. The van der Waals surface area contributed by atoms with Gasteiger partial charge >= 0.3 is 5.97 Å². The molecule has 0 fully saturated rings. The zero-order valence-corrected chi connectivity index (χ0v) is 20.5. The van der Waals surface area contributed by atoms with Crippen molar-refractivity contribution in [2.24, 2.45) is 0 Å². The van der Waals surface area contributed by atoms with Crippen LogP contribution in [0.3, 0.4) is 0 Å². The van der Waals surface area contributed by atoms with Crippen LogP contribution in [-0.2, 0) is 15.1 Å². The monoisotopic (exact) mass is 469 g/mol. The Morgan fingerprint density at radius 2 is 1.76 bits per heavy atom. The number of nitrogens with one attached hydrogen (secondary N) is 1. The Hall–Kier alpha value is -2.30. The number of aliphatic hydroxyl groups is 1. The zero-order chi connectivity index (χ0) is 23.7. The number of unbranched alkanes of at least 4 members (excludes halogenated alkanes) is 4. The van der Waals surface area contributed by atoms with E-state index in [2.05, 4.69) is 12.2 Å². The largest absolute Gasteiger partial charge is 0.463 e. The quantitative estimate of drug-likeness (QED) is 0.292. The van der Waals surface area contributed by atoms with Crippen LogP contribution in [0.2, 0.25) is 5.02 Å². The van der Waals surface area contributed by atoms with Crippen molar-refractivity contribution >= 4 is 17.6 Å². The predicted molar refractivity (Wildman–Crippen MR) is 134 cm³/mol. The van der Waals surface area contributed by atoms with Crippen LogP contribution in [0.5, 0.6) is 0 Å². The summed E-state index contributed by atoms with van der Waals surface area (Å²) in [5.74, 6) is -0.583. The van der Waals surface area contributed by atoms with Gasteiger partial charge in [-0.05, 0) is 43.0 Å². The van der Waals surface area contributed by atoms with E-state index >= 15 is 0 Å². The molecule has 0 heterocycles. The molecule has 3 rings (SSSR count). The molecule has 0 aliphatic heterocycles. The average molecular weight is 470 g/mol. The van der Waals surface area contributed by atoms with Gasteiger partial charge in [0.1, 0.15) is 0 Å². The number of benzene rings is 2. The fraction of sp³-hybridized carbons (Fsp3) is 0.464. The molecular formula is C28H36ClNO3. The smallest absolute Gasteiger partial charge is 0.336 e. The van der Waals surface area contributed by atoms with Crippen LogP contribution in [0, 0.1) is 0 Å². The van der Waals surface area contributed by atoms with Gasteiger partial charge in [-0.3, -0.25) is 0 Å². The molecule has 2 aromatic rings. The Labute approximate surface area is 203 Å². The van der Waals surface area contributed by atoms with Crippen molar-refractivity contribution in [3.8, 4) is 0 Å². The summed E-state index contributed by atoms with van der Waals surface area (Å²) in [6.07, 6.45) is 6.56. The van der Waals surface area contributed by atoms with E-state index in [1.807, 2.05) is 49.4 Å². The first-order valence-corrected chi connectivity index (χ1v) is 12.5. The van der Waals surface area contributed by atoms with Crippen LogP contribution in [0.1, 0.15) is 75.8 Å². The van der Waals surface area contributed by atoms with Crippen molar-refractivity contribution in [3.63, 3.8) is 0 Å². The Balaban J connectivity index is 1.97. The van der Waals surface area contributed by atoms with Crippen molar-refractivity contribution in [3.05, 3.63) is 82.0 Å². The SMILES string of the molecule is CCCCCCCNC1=C(C(=O)OCC)[C@@H](c2ccccc2)C[C@@](O)(c2ccc(Cl)cc2)C1. The number of hydrogen-bond donors (Lipinski definition) is 2. The molecule has 1 aliphatic rings. The fourth-order valence-electron chi connectivity index (χ4n) is 4.66. The molecular weight excluding hydrogens is 434 g/mol. The molecule has 0 aromatic heterocycles. The number of hydrogen-bond acceptors (Lipinski definition) is 4. The number of esters is 1. The molecule has 5 heteroatoms. The van der Waals surface area contributed by atoms with Crippen molar-refractivity contribution in [1.29, 1.82) is 0 Å². The van der Waals surface area contributed by atoms with E-state index in [4.69, 9.17) is 16.3 Å². The van der Waals surface area contributed by atoms with Gasteiger partial charge in [-0.25, -0.2) is 4.79 Å². The van der Waals surface area contributed by atoms with E-state index in [0.29, 0.717) is 30.0 Å². The van der Waals surface area contributed by atoms with Crippen molar-refractivity contribution in [2.45, 2.75) is 70.3 Å². The lowest BCUT2D eigenvalue weighted by molar-refractivity contribution is -0.139. The highest BCUT2D eigenvalue weighted by molar-refractivity contribution is 6.30. The van der Waals surface area contributed by atoms with Crippen LogP contribution < -0.4 is 5.32 Å². The van der Waals surface area contributed by atoms with Crippen LogP contribution in [0.25, 0.3) is 0 Å². The van der Waals surface area contributed by atoms with Crippen LogP contribution in [0.15, 0.2) is 65.9 Å². The van der Waals surface area contributed by atoms with Crippen molar-refractivity contribution in [1.82, 2.24) is 5.32 Å². The number of carbonyl (C=O) groups is 1. The van der Waals surface area contributed by atoms with E-state index in [-0.39, 0.29) is 11.9 Å². The minimum atomic E-state index is -1.12. The highest BCUT2D eigenvalue weighted by Crippen LogP contribution is 2.47. The van der Waals surface area contributed by atoms with E-state index in [9.17, 15) is 9.90 Å². The van der Waals surface area contributed by atoms with Crippen molar-refractivity contribution < 1.29 is 14.6 Å². The minimum absolute atomic E-state index is 0.276. The first-order chi connectivity index (χ1) is 16.0. The zero-order valence-electron chi connectivity index (χ0n) is 19.8. The maximum atomic E-state index is 13.1. The summed E-state index contributed by atoms with van der Waals surface area (Å²) in [6.45, 7) is 5.11. The molecule has 0 amide bonds. The lowest BCUT2D eigenvalue weighted by atomic mass is 9.70. The molecule has 0 saturated carbocycles. The Morgan fingerprint density at radius 3 is 2.42 bits per heavy atom. The van der Waals surface area contributed by atoms with Gasteiger partial charge in [-0.15, -0.1) is 0 Å². The van der Waals surface area contributed by atoms with Gasteiger partial charge in [-0.1, -0.05) is 86.7 Å². The Kier molecular flexibility index (Phi) is 9.40. The van der Waals surface area contributed by atoms with Gasteiger partial charge in [0, 0.05) is 29.6 Å². The van der Waals surface area contributed by atoms with E-state index < -0.39 is 5.60 Å². The molecule has 2 N–H and O–H groups in total. The normalized spacial score (nSPS) is 20.5. The lowest BCUT2D eigenvalue weighted by Crippen LogP contribution is -2.39. The molecule has 4 nitrogen and oxygen atoms in total. The number of carbonyl (C=O) groups excluding carboxylic acids is 1. The molecule has 1 aliphatic carbocycles. The predicted octanol–water partition coefficient (Wildman–Crippen LogP) is 6.48. The number of rotatable bonds is 11. The highest BCUT2D eigenvalue weighted by atomic mass is 35.5. The van der Waals surface area contributed by atoms with E-state index in [1.54, 1.807) is 12.1 Å². The Bertz CT molecular complexity index is 926. The van der Waals surface area contributed by atoms with Gasteiger partial charge in [0.05, 0.1) is 17.8 Å². The maximum Gasteiger partial charge on any atom is 0.336 e. The second-order valence-electron chi connectivity index (χ2n) is 8.84. The highest BCUT2D eigenvalue weighted by Gasteiger charge is 2.43. The molecule has 0 saturated heterocycles. The third kappa shape index (κ3) is 6.61. The lowest BCUT2D eigenvalue weighted by Gasteiger charge is -2.40. The summed E-state index contributed by atoms with van der Waals surface area (Å²) in [7, 11) is 0. The first-order valence-electron chi connectivity index (χ1n) is 12.2. The maximum absolute atomic E-state index is 13.1. The van der Waals surface area contributed by atoms with Gasteiger partial charge in [0.25, 0.3) is 0 Å². The summed E-state index contributed by atoms with van der Waals surface area (Å²) in [5, 5.41) is 16.0. The van der Waals surface area contributed by atoms with Crippen LogP contribution >= 0.6 is 11.6 Å². The summed E-state index contributed by atoms with van der Waals surface area (Å²) in [5.41, 5.74) is 2.09. The average Bonchev–Trinajstić information content (AvgIpc) is 2.82. The third-order valence-corrected chi connectivity index (χ3v) is 6.63. The Morgan fingerprint density at radius 1 is 1.06 bits per heavy atom. The molecule has 33 heavy (non-hydrogen) atoms. The summed E-state index contributed by atoms with van der Waals surface area (Å²) < 4.78 is 5.48. The summed E-state index contributed by atoms with van der Waals surface area (Å²) in [6, 6.07) is 17.3. The first kappa shape index (κ1) is 25.3. The van der Waals surface area contributed by atoms with Crippen molar-refractivity contribution in [2.75, 3.05) is 13.2 Å². The van der Waals surface area contributed by atoms with Crippen LogP contribution in [-0.4, -0.2) is 24.2 Å². The van der Waals surface area contributed by atoms with Gasteiger partial charge in [-0.2, -0.15) is 0 Å². The molecule has 2 atom stereocenters. The van der Waals surface area contributed by atoms with E-state index in [1.165, 1.54) is 19.3 Å².